The monoisotopic (exact) mass is 452 g/mol. The number of hydrogen-bond donors (Lipinski definition) is 1. The van der Waals surface area contributed by atoms with Crippen LogP contribution in [0.15, 0.2) is 53.4 Å². The van der Waals surface area contributed by atoms with Crippen molar-refractivity contribution in [3.05, 3.63) is 64.3 Å². The number of halogens is 2. The Hall–Kier alpha value is -1.86. The number of benzene rings is 2. The van der Waals surface area contributed by atoms with Crippen LogP contribution >= 0.6 is 23.2 Å². The zero-order valence-corrected chi connectivity index (χ0v) is 18.5. The maximum Gasteiger partial charge on any atom is 0.240 e. The van der Waals surface area contributed by atoms with Gasteiger partial charge in [0, 0.05) is 22.6 Å². The van der Waals surface area contributed by atoms with Crippen molar-refractivity contribution in [2.24, 2.45) is 0 Å². The van der Waals surface area contributed by atoms with Gasteiger partial charge in [0.15, 0.2) is 0 Å². The maximum absolute atomic E-state index is 12.4. The van der Waals surface area contributed by atoms with E-state index in [-0.39, 0.29) is 10.8 Å². The van der Waals surface area contributed by atoms with Crippen LogP contribution in [0.3, 0.4) is 0 Å². The average molecular weight is 453 g/mol. The Labute approximate surface area is 181 Å². The topological polar surface area (TPSA) is 68.3 Å². The molecule has 0 saturated heterocycles. The van der Waals surface area contributed by atoms with Crippen LogP contribution in [0.25, 0.3) is 10.9 Å². The van der Waals surface area contributed by atoms with Crippen LogP contribution < -0.4 is 9.46 Å². The number of methoxy groups -OCH3 is 1. The van der Waals surface area contributed by atoms with Crippen molar-refractivity contribution in [2.45, 2.75) is 30.6 Å². The van der Waals surface area contributed by atoms with Gasteiger partial charge < -0.3 is 4.74 Å². The molecule has 0 fully saturated rings. The summed E-state index contributed by atoms with van der Waals surface area (Å²) in [5, 5.41) is 2.10. The van der Waals surface area contributed by atoms with E-state index in [1.165, 1.54) is 19.2 Å². The zero-order valence-electron chi connectivity index (χ0n) is 16.2. The zero-order chi connectivity index (χ0) is 21.0. The summed E-state index contributed by atoms with van der Waals surface area (Å²) in [5.74, 6) is 0.738. The largest absolute Gasteiger partial charge is 0.497 e. The summed E-state index contributed by atoms with van der Waals surface area (Å²) in [6.07, 6.45) is 1.43. The molecular weight excluding hydrogens is 431 g/mol. The second-order valence-corrected chi connectivity index (χ2v) is 9.42. The Morgan fingerprint density at radius 2 is 1.83 bits per heavy atom. The average Bonchev–Trinajstić information content (AvgIpc) is 2.70. The van der Waals surface area contributed by atoms with Gasteiger partial charge in [-0.15, -0.1) is 0 Å². The van der Waals surface area contributed by atoms with E-state index in [4.69, 9.17) is 27.9 Å². The lowest BCUT2D eigenvalue weighted by molar-refractivity contribution is 0.414. The standard InChI is InChI=1S/C21H22Cl2N2O3S/c1-14(20-13-19(23)18-10-5-15(22)12-21(18)25-20)4-3-11-24-29(26,27)17-8-6-16(28-2)7-9-17/h5-10,12-14,24H,3-4,11H2,1-2H3. The number of ether oxygens (including phenoxy) is 1. The van der Waals surface area contributed by atoms with Crippen LogP contribution in [0.4, 0.5) is 0 Å². The molecule has 1 heterocycles. The lowest BCUT2D eigenvalue weighted by Crippen LogP contribution is -2.25. The Morgan fingerprint density at radius 1 is 1.10 bits per heavy atom. The number of aromatic nitrogens is 1. The van der Waals surface area contributed by atoms with Crippen molar-refractivity contribution in [2.75, 3.05) is 13.7 Å². The van der Waals surface area contributed by atoms with E-state index in [0.717, 1.165) is 23.0 Å². The van der Waals surface area contributed by atoms with E-state index in [0.29, 0.717) is 28.8 Å². The highest BCUT2D eigenvalue weighted by molar-refractivity contribution is 7.89. The fraction of sp³-hybridized carbons (Fsp3) is 0.286. The first-order valence-corrected chi connectivity index (χ1v) is 11.4. The molecule has 0 aliphatic carbocycles. The van der Waals surface area contributed by atoms with Crippen LogP contribution in [-0.4, -0.2) is 27.1 Å². The lowest BCUT2D eigenvalue weighted by atomic mass is 10.0. The molecular formula is C21H22Cl2N2O3S. The molecule has 2 aromatic carbocycles. The Balaban J connectivity index is 1.59. The SMILES string of the molecule is COc1ccc(S(=O)(=O)NCCCC(C)c2cc(Cl)c3ccc(Cl)cc3n2)cc1. The molecule has 0 amide bonds. The van der Waals surface area contributed by atoms with E-state index in [9.17, 15) is 8.42 Å². The molecule has 3 rings (SSSR count). The van der Waals surface area contributed by atoms with E-state index in [1.54, 1.807) is 24.3 Å². The molecule has 0 saturated carbocycles. The highest BCUT2D eigenvalue weighted by atomic mass is 35.5. The minimum absolute atomic E-state index is 0.126. The smallest absolute Gasteiger partial charge is 0.240 e. The fourth-order valence-corrected chi connectivity index (χ4v) is 4.54. The third-order valence-corrected chi connectivity index (χ3v) is 6.75. The summed E-state index contributed by atoms with van der Waals surface area (Å²) in [6, 6.07) is 13.6. The van der Waals surface area contributed by atoms with Gasteiger partial charge in [0.2, 0.25) is 10.0 Å². The molecule has 0 bridgehead atoms. The molecule has 29 heavy (non-hydrogen) atoms. The third kappa shape index (κ3) is 5.39. The Kier molecular flexibility index (Phi) is 7.01. The molecule has 1 N–H and O–H groups in total. The number of sulfonamides is 1. The molecule has 0 radical (unpaired) electrons. The molecule has 1 atom stereocenters. The molecule has 0 aliphatic rings. The van der Waals surface area contributed by atoms with E-state index in [1.807, 2.05) is 19.1 Å². The Bertz CT molecular complexity index is 1100. The van der Waals surface area contributed by atoms with Gasteiger partial charge in [0.1, 0.15) is 5.75 Å². The first-order chi connectivity index (χ1) is 13.8. The van der Waals surface area contributed by atoms with E-state index in [2.05, 4.69) is 9.71 Å². The van der Waals surface area contributed by atoms with Crippen LogP contribution in [0.2, 0.25) is 10.0 Å². The molecule has 154 valence electrons. The Morgan fingerprint density at radius 3 is 2.52 bits per heavy atom. The minimum atomic E-state index is -3.55. The quantitative estimate of drug-likeness (QED) is 0.463. The lowest BCUT2D eigenvalue weighted by Gasteiger charge is -2.13. The first kappa shape index (κ1) is 21.8. The molecule has 1 aromatic heterocycles. The van der Waals surface area contributed by atoms with Crippen molar-refractivity contribution in [3.63, 3.8) is 0 Å². The highest BCUT2D eigenvalue weighted by Gasteiger charge is 2.15. The molecule has 0 aliphatic heterocycles. The predicted molar refractivity (Wildman–Crippen MR) is 118 cm³/mol. The number of nitrogens with zero attached hydrogens (tertiary/aromatic N) is 1. The van der Waals surface area contributed by atoms with Crippen molar-refractivity contribution < 1.29 is 13.2 Å². The minimum Gasteiger partial charge on any atom is -0.497 e. The van der Waals surface area contributed by atoms with Crippen molar-refractivity contribution in [1.29, 1.82) is 0 Å². The first-order valence-electron chi connectivity index (χ1n) is 9.19. The van der Waals surface area contributed by atoms with Gasteiger partial charge in [-0.25, -0.2) is 13.1 Å². The molecule has 5 nitrogen and oxygen atoms in total. The van der Waals surface area contributed by atoms with Gasteiger partial charge in [-0.2, -0.15) is 0 Å². The van der Waals surface area contributed by atoms with Crippen molar-refractivity contribution >= 4 is 44.1 Å². The predicted octanol–water partition coefficient (Wildman–Crippen LogP) is 5.41. The second-order valence-electron chi connectivity index (χ2n) is 6.81. The fourth-order valence-electron chi connectivity index (χ4n) is 3.03. The van der Waals surface area contributed by atoms with Gasteiger partial charge in [-0.1, -0.05) is 30.1 Å². The van der Waals surface area contributed by atoms with Gasteiger partial charge in [0.25, 0.3) is 0 Å². The van der Waals surface area contributed by atoms with Crippen molar-refractivity contribution in [1.82, 2.24) is 9.71 Å². The molecule has 1 unspecified atom stereocenters. The normalized spacial score (nSPS) is 12.8. The number of nitrogens with one attached hydrogen (secondary N) is 1. The van der Waals surface area contributed by atoms with Gasteiger partial charge in [-0.05, 0) is 67.3 Å². The molecule has 8 heteroatoms. The van der Waals surface area contributed by atoms with Crippen LogP contribution in [0.5, 0.6) is 5.75 Å². The maximum atomic E-state index is 12.4. The van der Waals surface area contributed by atoms with Crippen LogP contribution in [0, 0.1) is 0 Å². The summed E-state index contributed by atoms with van der Waals surface area (Å²) >= 11 is 12.4. The van der Waals surface area contributed by atoms with Crippen LogP contribution in [-0.2, 0) is 10.0 Å². The summed E-state index contributed by atoms with van der Waals surface area (Å²) < 4.78 is 32.4. The number of fused-ring (bicyclic) bond motifs is 1. The summed E-state index contributed by atoms with van der Waals surface area (Å²) in [7, 11) is -2.01. The third-order valence-electron chi connectivity index (χ3n) is 4.72. The van der Waals surface area contributed by atoms with E-state index < -0.39 is 10.0 Å². The number of rotatable bonds is 8. The van der Waals surface area contributed by atoms with Gasteiger partial charge in [0.05, 0.1) is 22.5 Å². The number of pyridine rings is 1. The van der Waals surface area contributed by atoms with Crippen molar-refractivity contribution in [3.8, 4) is 5.75 Å². The molecule has 0 spiro atoms. The summed E-state index contributed by atoms with van der Waals surface area (Å²) in [5.41, 5.74) is 1.62. The van der Waals surface area contributed by atoms with Crippen LogP contribution in [0.1, 0.15) is 31.4 Å². The molecule has 3 aromatic rings. The summed E-state index contributed by atoms with van der Waals surface area (Å²) in [6.45, 7) is 2.39. The number of hydrogen-bond acceptors (Lipinski definition) is 4. The van der Waals surface area contributed by atoms with E-state index >= 15 is 0 Å². The summed E-state index contributed by atoms with van der Waals surface area (Å²) in [4.78, 5) is 4.88. The second kappa shape index (κ2) is 9.30. The highest BCUT2D eigenvalue weighted by Crippen LogP contribution is 2.29. The van der Waals surface area contributed by atoms with Gasteiger partial charge in [-0.3, -0.25) is 4.98 Å². The van der Waals surface area contributed by atoms with Gasteiger partial charge >= 0.3 is 0 Å².